The first-order chi connectivity index (χ1) is 23.4. The highest BCUT2D eigenvalue weighted by Gasteiger charge is 2.53. The van der Waals surface area contributed by atoms with Crippen LogP contribution in [0.25, 0.3) is 22.2 Å². The van der Waals surface area contributed by atoms with Crippen LogP contribution in [-0.2, 0) is 59.9 Å². The molecule has 49 heavy (non-hydrogen) atoms. The molecule has 8 heterocycles. The van der Waals surface area contributed by atoms with E-state index in [9.17, 15) is 14.3 Å². The van der Waals surface area contributed by atoms with Gasteiger partial charge >= 0.3 is 6.72 Å². The number of nitrogens with zero attached hydrogens (tertiary/aromatic N) is 7. The number of anilines is 2. The van der Waals surface area contributed by atoms with E-state index in [-0.39, 0.29) is 29.3 Å². The van der Waals surface area contributed by atoms with Crippen LogP contribution < -0.4 is 11.1 Å². The number of hydrogen-bond acceptors (Lipinski definition) is 16. The lowest BCUT2D eigenvalue weighted by atomic mass is 10.1. The van der Waals surface area contributed by atoms with Gasteiger partial charge in [0.05, 0.1) is 24.9 Å². The second-order valence-electron chi connectivity index (χ2n) is 11.6. The van der Waals surface area contributed by atoms with Gasteiger partial charge in [0.2, 0.25) is 13.5 Å². The van der Waals surface area contributed by atoms with Crippen LogP contribution in [0, 0.1) is 0 Å². The van der Waals surface area contributed by atoms with Gasteiger partial charge in [-0.15, -0.1) is 0 Å². The number of fused-ring (bicyclic) bond motifs is 3. The second-order valence-corrected chi connectivity index (χ2v) is 16.0. The number of carbonyl (C=O) groups is 1. The molecule has 4 N–H and O–H groups in total. The summed E-state index contributed by atoms with van der Waals surface area (Å²) in [5, 5.41) is 3.39. The van der Waals surface area contributed by atoms with Crippen molar-refractivity contribution in [2.45, 2.75) is 62.0 Å². The van der Waals surface area contributed by atoms with E-state index in [4.69, 9.17) is 57.4 Å². The number of hydrogen-bond donors (Lipinski definition) is 3. The fourth-order valence-corrected chi connectivity index (χ4v) is 8.94. The Morgan fingerprint density at radius 3 is 2.59 bits per heavy atom. The number of alkyl halides is 1. The number of aryl methyl sites for hydroxylation is 1. The van der Waals surface area contributed by atoms with E-state index in [1.54, 1.807) is 10.8 Å². The number of nitrogens with one attached hydrogen (secondary N) is 1. The van der Waals surface area contributed by atoms with Gasteiger partial charge in [-0.25, -0.2) is 29.3 Å². The zero-order valence-corrected chi connectivity index (χ0v) is 27.9. The molecule has 8 rings (SSSR count). The van der Waals surface area contributed by atoms with E-state index in [0.29, 0.717) is 23.3 Å². The number of carbonyl (C=O) groups excluding carboxylic acids is 1. The van der Waals surface area contributed by atoms with Crippen LogP contribution in [0.5, 0.6) is 0 Å². The van der Waals surface area contributed by atoms with Crippen LogP contribution in [0.15, 0.2) is 25.2 Å². The molecule has 4 aliphatic rings. The van der Waals surface area contributed by atoms with Crippen LogP contribution in [0.1, 0.15) is 24.4 Å². The molecule has 258 valence electrons. The number of rotatable bonds is 3. The molecule has 1 amide bonds. The molecule has 3 saturated heterocycles. The molecule has 2 radical (unpaired) electrons. The van der Waals surface area contributed by atoms with Crippen molar-refractivity contribution >= 4 is 73.3 Å². The van der Waals surface area contributed by atoms with E-state index in [1.807, 2.05) is 0 Å². The highest BCUT2D eigenvalue weighted by Crippen LogP contribution is 2.54. The van der Waals surface area contributed by atoms with E-state index in [0.717, 1.165) is 5.56 Å². The van der Waals surface area contributed by atoms with Crippen molar-refractivity contribution in [3.05, 3.63) is 30.7 Å². The van der Waals surface area contributed by atoms with Gasteiger partial charge in [-0.3, -0.25) is 18.5 Å². The predicted octanol–water partition coefficient (Wildman–Crippen LogP) is 1.20. The summed E-state index contributed by atoms with van der Waals surface area (Å²) in [6, 6.07) is 0. The summed E-state index contributed by atoms with van der Waals surface area (Å²) in [4.78, 5) is 44.1. The summed E-state index contributed by atoms with van der Waals surface area (Å²) in [6.45, 7) is -5.29. The molecule has 0 saturated carbocycles. The first-order valence-electron chi connectivity index (χ1n) is 14.9. The van der Waals surface area contributed by atoms with Crippen molar-refractivity contribution in [3.8, 4) is 0 Å². The van der Waals surface area contributed by atoms with Gasteiger partial charge in [0.15, 0.2) is 30.1 Å². The molecule has 10 atom stereocenters. The van der Waals surface area contributed by atoms with Gasteiger partial charge in [-0.1, -0.05) is 0 Å². The zero-order valence-electron chi connectivity index (χ0n) is 25.3. The Labute approximate surface area is 282 Å². The number of nitrogen functional groups attached to an aromatic ring is 1. The number of amides is 1. The van der Waals surface area contributed by atoms with Gasteiger partial charge in [-0.05, 0) is 23.8 Å². The molecular formula is C25H27BFN9O10P2S. The number of ether oxygens (including phenoxy) is 3. The largest absolute Gasteiger partial charge is 0.382 e. The highest BCUT2D eigenvalue weighted by molar-refractivity contribution is 8.07. The number of halogens is 1. The fraction of sp³-hybridized carbons (Fsp3) is 0.520. The maximum atomic E-state index is 16.1. The zero-order chi connectivity index (χ0) is 34.2. The van der Waals surface area contributed by atoms with Crippen LogP contribution >= 0.6 is 14.2 Å². The van der Waals surface area contributed by atoms with Crippen molar-refractivity contribution in [1.82, 2.24) is 34.1 Å². The minimum absolute atomic E-state index is 0.0687. The number of imidazole rings is 1. The van der Waals surface area contributed by atoms with Gasteiger partial charge in [0.1, 0.15) is 60.2 Å². The van der Waals surface area contributed by atoms with Gasteiger partial charge in [-0.2, -0.15) is 0 Å². The Hall–Kier alpha value is -3.01. The summed E-state index contributed by atoms with van der Waals surface area (Å²) in [5.74, 6) is 0.230. The number of methoxy groups -OCH3 is 1. The molecular weight excluding hydrogens is 710 g/mol. The lowest BCUT2D eigenvalue weighted by Crippen LogP contribution is -2.39. The number of aromatic nitrogens is 7. The van der Waals surface area contributed by atoms with Crippen LogP contribution in [0.2, 0.25) is 0 Å². The van der Waals surface area contributed by atoms with E-state index in [2.05, 4.69) is 30.2 Å². The third kappa shape index (κ3) is 5.87. The highest BCUT2D eigenvalue weighted by atomic mass is 32.5. The molecule has 0 aliphatic carbocycles. The van der Waals surface area contributed by atoms with Gasteiger partial charge in [0, 0.05) is 19.7 Å². The monoisotopic (exact) mass is 737 g/mol. The third-order valence-corrected chi connectivity index (χ3v) is 11.3. The molecule has 4 aromatic rings. The third-order valence-electron chi connectivity index (χ3n) is 8.67. The Morgan fingerprint density at radius 1 is 1.04 bits per heavy atom. The van der Waals surface area contributed by atoms with Gasteiger partial charge in [0.25, 0.3) is 7.47 Å². The van der Waals surface area contributed by atoms with Crippen molar-refractivity contribution in [1.29, 1.82) is 0 Å². The SMILES string of the molecule is [B]P1(=O)OCC2OC(n3cnc4c(N)ncnc43)C(F)C2OP(O)(=S)OCC2OC(n3cc4c5c(ncnc53)NC(=O)CC4)C(OC)C2O1. The molecule has 19 nitrogen and oxygen atoms in total. The molecule has 0 spiro atoms. The molecule has 3 fully saturated rings. The van der Waals surface area contributed by atoms with Gasteiger partial charge < -0.3 is 48.3 Å². The standard InChI is InChI=1S/C25H27BFN9O10P2S/c1-40-19-18-12(44-25(19)35-4-10-2-3-13(37)34-21-14(10)22(35)31-8-30-21)6-42-48(39,49)46-17-11(5-41-47(26,38)45-18)43-24(15(17)27)36-9-33-16-20(28)29-7-32-23(16)36/h4,7-9,11-12,15,17-19,24-25H,2-3,5-6H2,1H3,(H,39,49)(H2,28,29,32)(H,30,31,34,37). The van der Waals surface area contributed by atoms with Crippen molar-refractivity contribution in [2.24, 2.45) is 0 Å². The Balaban J connectivity index is 1.09. The molecule has 4 aromatic heterocycles. The van der Waals surface area contributed by atoms with Crippen LogP contribution in [0.3, 0.4) is 0 Å². The van der Waals surface area contributed by atoms with Crippen LogP contribution in [-0.4, -0.2) is 109 Å². The van der Waals surface area contributed by atoms with E-state index >= 15 is 4.39 Å². The van der Waals surface area contributed by atoms with E-state index in [1.165, 1.54) is 30.7 Å². The summed E-state index contributed by atoms with van der Waals surface area (Å²) < 4.78 is 73.5. The molecule has 0 aromatic carbocycles. The Kier molecular flexibility index (Phi) is 8.35. The normalized spacial score (nSPS) is 36.8. The minimum Gasteiger partial charge on any atom is -0.382 e. The molecule has 0 bridgehead atoms. The average Bonchev–Trinajstić information content (AvgIpc) is 3.78. The average molecular weight is 737 g/mol. The molecule has 4 aliphatic heterocycles. The Morgan fingerprint density at radius 2 is 1.78 bits per heavy atom. The molecule has 10 unspecified atom stereocenters. The second kappa shape index (κ2) is 12.3. The number of nitrogens with two attached hydrogens (primary N) is 1. The van der Waals surface area contributed by atoms with Crippen molar-refractivity contribution < 1.29 is 50.9 Å². The summed E-state index contributed by atoms with van der Waals surface area (Å²) >= 11 is 5.29. The maximum absolute atomic E-state index is 16.1. The smallest absolute Gasteiger partial charge is 0.325 e. The molecule has 24 heteroatoms. The lowest BCUT2D eigenvalue weighted by Gasteiger charge is -2.30. The van der Waals surface area contributed by atoms with Crippen molar-refractivity contribution in [2.75, 3.05) is 31.4 Å². The minimum atomic E-state index is -4.45. The maximum Gasteiger partial charge on any atom is 0.325 e. The first kappa shape index (κ1) is 33.2. The van der Waals surface area contributed by atoms with Crippen LogP contribution in [0.4, 0.5) is 16.0 Å². The van der Waals surface area contributed by atoms with E-state index < -0.39 is 76.6 Å². The predicted molar refractivity (Wildman–Crippen MR) is 169 cm³/mol. The first-order valence-corrected chi connectivity index (χ1v) is 19.1. The Bertz CT molecular complexity index is 2060. The summed E-state index contributed by atoms with van der Waals surface area (Å²) in [5.41, 5.74) is 7.46. The summed E-state index contributed by atoms with van der Waals surface area (Å²) in [6.07, 6.45) is -4.44. The fourth-order valence-electron chi connectivity index (χ4n) is 6.49. The topological polar surface area (TPSA) is 231 Å². The summed E-state index contributed by atoms with van der Waals surface area (Å²) in [7, 11) is 3.01. The van der Waals surface area contributed by atoms with Crippen molar-refractivity contribution in [3.63, 3.8) is 0 Å². The quantitative estimate of drug-likeness (QED) is 0.198. The lowest BCUT2D eigenvalue weighted by molar-refractivity contribution is -0.116.